The van der Waals surface area contributed by atoms with Crippen molar-refractivity contribution < 1.29 is 27.4 Å². The van der Waals surface area contributed by atoms with Gasteiger partial charge < -0.3 is 14.2 Å². The molecule has 1 aliphatic heterocycles. The minimum Gasteiger partial charge on any atom is -0.459 e. The predicted octanol–water partition coefficient (Wildman–Crippen LogP) is 5.03. The maximum atomic E-state index is 13.7. The lowest BCUT2D eigenvalue weighted by Gasteiger charge is -2.38. The molecule has 1 aliphatic rings. The number of carbonyl (C=O) groups excluding carboxylic acids is 1. The Morgan fingerprint density at radius 1 is 1.08 bits per heavy atom. The Labute approximate surface area is 216 Å². The number of hydrogen-bond donors (Lipinski definition) is 1. The van der Waals surface area contributed by atoms with Crippen molar-refractivity contribution in [3.63, 3.8) is 0 Å². The third-order valence-electron chi connectivity index (χ3n) is 6.18. The van der Waals surface area contributed by atoms with Crippen LogP contribution < -0.4 is 4.72 Å². The van der Waals surface area contributed by atoms with Crippen LogP contribution >= 0.6 is 0 Å². The lowest BCUT2D eigenvalue weighted by Crippen LogP contribution is -2.58. The fraction of sp³-hybridized carbons (Fsp3) is 0.519. The van der Waals surface area contributed by atoms with Crippen LogP contribution in [0.3, 0.4) is 0 Å². The number of sulfonamides is 1. The van der Waals surface area contributed by atoms with E-state index in [1.54, 1.807) is 6.92 Å². The Balaban J connectivity index is 1.95. The molecular formula is C27H39NO6SSi. The van der Waals surface area contributed by atoms with E-state index < -0.39 is 42.0 Å². The highest BCUT2D eigenvalue weighted by atomic mass is 32.2. The summed E-state index contributed by atoms with van der Waals surface area (Å²) in [4.78, 5) is 13.7. The smallest absolute Gasteiger partial charge is 0.330 e. The summed E-state index contributed by atoms with van der Waals surface area (Å²) in [6, 6.07) is 19.1. The van der Waals surface area contributed by atoms with E-state index in [-0.39, 0.29) is 12.4 Å². The van der Waals surface area contributed by atoms with E-state index in [1.807, 2.05) is 60.7 Å². The molecule has 0 aliphatic carbocycles. The number of benzene rings is 2. The Morgan fingerprint density at radius 2 is 1.72 bits per heavy atom. The van der Waals surface area contributed by atoms with E-state index in [4.69, 9.17) is 14.2 Å². The first-order chi connectivity index (χ1) is 17.0. The molecule has 3 atom stereocenters. The van der Waals surface area contributed by atoms with Crippen LogP contribution in [0.5, 0.6) is 0 Å². The molecule has 9 heteroatoms. The number of carbonyl (C=O) groups is 1. The molecule has 0 aromatic heterocycles. The van der Waals surface area contributed by atoms with Crippen molar-refractivity contribution in [2.75, 3.05) is 12.4 Å². The number of nitrogens with one attached hydrogen (secondary N) is 1. The van der Waals surface area contributed by atoms with Crippen LogP contribution in [0.4, 0.5) is 0 Å². The summed E-state index contributed by atoms with van der Waals surface area (Å²) in [6.45, 7) is 8.48. The van der Waals surface area contributed by atoms with E-state index in [9.17, 15) is 13.2 Å². The average molecular weight is 534 g/mol. The second-order valence-corrected chi connectivity index (χ2v) is 18.2. The predicted molar refractivity (Wildman–Crippen MR) is 144 cm³/mol. The molecule has 1 heterocycles. The topological polar surface area (TPSA) is 90.9 Å². The molecule has 1 unspecified atom stereocenters. The average Bonchev–Trinajstić information content (AvgIpc) is 2.86. The van der Waals surface area contributed by atoms with E-state index in [2.05, 4.69) is 24.4 Å². The van der Waals surface area contributed by atoms with Crippen molar-refractivity contribution in [2.45, 2.75) is 76.4 Å². The van der Waals surface area contributed by atoms with Crippen molar-refractivity contribution >= 4 is 24.1 Å². The van der Waals surface area contributed by atoms with E-state index in [1.165, 1.54) is 0 Å². The maximum absolute atomic E-state index is 13.7. The summed E-state index contributed by atoms with van der Waals surface area (Å²) < 4.78 is 47.2. The summed E-state index contributed by atoms with van der Waals surface area (Å²) in [5.41, 5.74) is -0.240. The molecule has 1 N–H and O–H groups in total. The highest BCUT2D eigenvalue weighted by molar-refractivity contribution is 7.89. The SMILES string of the molecule is C[C@@](NS(=O)(=O)CC[Si](C)(C)C)(C(=O)OCc1ccccc1)[C@@H](OC1CCCCO1)c1ccccc1. The van der Waals surface area contributed by atoms with Gasteiger partial charge in [0.15, 0.2) is 11.8 Å². The van der Waals surface area contributed by atoms with Crippen LogP contribution in [-0.4, -0.2) is 46.6 Å². The molecule has 0 saturated carbocycles. The first-order valence-electron chi connectivity index (χ1n) is 12.5. The van der Waals surface area contributed by atoms with Crippen molar-refractivity contribution in [1.82, 2.24) is 4.72 Å². The standard InChI is InChI=1S/C27H39NO6SSi/c1-27(28-35(30,31)19-20-36(2,3)4,26(29)33-21-22-13-7-5-8-14-22)25(23-15-9-6-10-16-23)34-24-17-11-12-18-32-24/h5-10,13-16,24-25,28H,11-12,17-21H2,1-4H3/t24?,25-,27-/m0/s1. The summed E-state index contributed by atoms with van der Waals surface area (Å²) in [6.07, 6.45) is 1.04. The van der Waals surface area contributed by atoms with E-state index >= 15 is 0 Å². The molecule has 2 aromatic carbocycles. The van der Waals surface area contributed by atoms with Gasteiger partial charge in [0.2, 0.25) is 10.0 Å². The largest absolute Gasteiger partial charge is 0.459 e. The number of hydrogen-bond acceptors (Lipinski definition) is 6. The van der Waals surface area contributed by atoms with Crippen LogP contribution in [0, 0.1) is 0 Å². The van der Waals surface area contributed by atoms with Crippen LogP contribution in [-0.2, 0) is 35.6 Å². The minimum atomic E-state index is -3.83. The Bertz CT molecular complexity index is 1070. The van der Waals surface area contributed by atoms with Gasteiger partial charge >= 0.3 is 5.97 Å². The monoisotopic (exact) mass is 533 g/mol. The van der Waals surface area contributed by atoms with E-state index in [0.717, 1.165) is 18.4 Å². The number of esters is 1. The first-order valence-corrected chi connectivity index (χ1v) is 17.9. The fourth-order valence-electron chi connectivity index (χ4n) is 4.04. The number of ether oxygens (including phenoxy) is 3. The third kappa shape index (κ3) is 8.52. The summed E-state index contributed by atoms with van der Waals surface area (Å²) in [5, 5.41) is 0. The van der Waals surface area contributed by atoms with Gasteiger partial charge in [-0.15, -0.1) is 0 Å². The van der Waals surface area contributed by atoms with E-state index in [0.29, 0.717) is 24.6 Å². The van der Waals surface area contributed by atoms with Gasteiger partial charge in [-0.3, -0.25) is 0 Å². The third-order valence-corrected chi connectivity index (χ3v) is 9.77. The molecule has 198 valence electrons. The van der Waals surface area contributed by atoms with Crippen LogP contribution in [0.15, 0.2) is 60.7 Å². The molecule has 1 fully saturated rings. The Morgan fingerprint density at radius 3 is 2.31 bits per heavy atom. The first kappa shape index (κ1) is 28.5. The molecular weight excluding hydrogens is 494 g/mol. The fourth-order valence-corrected chi connectivity index (χ4v) is 8.50. The lowest BCUT2D eigenvalue weighted by atomic mass is 9.90. The van der Waals surface area contributed by atoms with Gasteiger partial charge in [0.25, 0.3) is 0 Å². The molecule has 0 radical (unpaired) electrons. The normalized spacial score (nSPS) is 19.3. The number of rotatable bonds is 12. The molecule has 2 aromatic rings. The molecule has 0 spiro atoms. The Hall–Kier alpha value is -2.04. The highest BCUT2D eigenvalue weighted by Gasteiger charge is 2.49. The highest BCUT2D eigenvalue weighted by Crippen LogP contribution is 2.35. The zero-order chi connectivity index (χ0) is 26.2. The van der Waals surface area contributed by atoms with Gasteiger partial charge in [-0.1, -0.05) is 80.3 Å². The van der Waals surface area contributed by atoms with Crippen LogP contribution in [0.1, 0.15) is 43.4 Å². The van der Waals surface area contributed by atoms with Crippen LogP contribution in [0.25, 0.3) is 0 Å². The van der Waals surface area contributed by atoms with Gasteiger partial charge in [-0.05, 0) is 43.4 Å². The second kappa shape index (κ2) is 12.5. The lowest BCUT2D eigenvalue weighted by molar-refractivity contribution is -0.209. The molecule has 0 bridgehead atoms. The van der Waals surface area contributed by atoms with Crippen molar-refractivity contribution in [3.05, 3.63) is 71.8 Å². The zero-order valence-electron chi connectivity index (χ0n) is 21.7. The summed E-state index contributed by atoms with van der Waals surface area (Å²) in [7, 11) is -5.47. The molecule has 1 saturated heterocycles. The van der Waals surface area contributed by atoms with Gasteiger partial charge in [-0.2, -0.15) is 4.72 Å². The summed E-state index contributed by atoms with van der Waals surface area (Å²) >= 11 is 0. The molecule has 36 heavy (non-hydrogen) atoms. The van der Waals surface area contributed by atoms with Gasteiger partial charge in [0.1, 0.15) is 12.7 Å². The minimum absolute atomic E-state index is 0.0212. The second-order valence-electron chi connectivity index (χ2n) is 10.7. The van der Waals surface area contributed by atoms with Crippen molar-refractivity contribution in [2.24, 2.45) is 0 Å². The van der Waals surface area contributed by atoms with Crippen molar-refractivity contribution in [3.8, 4) is 0 Å². The van der Waals surface area contributed by atoms with Gasteiger partial charge in [0, 0.05) is 14.7 Å². The van der Waals surface area contributed by atoms with Crippen molar-refractivity contribution in [1.29, 1.82) is 0 Å². The zero-order valence-corrected chi connectivity index (χ0v) is 23.6. The quantitative estimate of drug-likeness (QED) is 0.304. The summed E-state index contributed by atoms with van der Waals surface area (Å²) in [5.74, 6) is -0.765. The molecule has 7 nitrogen and oxygen atoms in total. The van der Waals surface area contributed by atoms with Gasteiger partial charge in [-0.25, -0.2) is 13.2 Å². The molecule has 0 amide bonds. The Kier molecular flexibility index (Phi) is 9.88. The maximum Gasteiger partial charge on any atom is 0.330 e. The van der Waals surface area contributed by atoms with Crippen LogP contribution in [0.2, 0.25) is 25.7 Å². The van der Waals surface area contributed by atoms with Gasteiger partial charge in [0.05, 0.1) is 5.75 Å². The molecule has 3 rings (SSSR count).